The molecule has 1 unspecified atom stereocenters. The first kappa shape index (κ1) is 17.3. The average Bonchev–Trinajstić information content (AvgIpc) is 3.08. The average molecular weight is 338 g/mol. The van der Waals surface area contributed by atoms with Gasteiger partial charge in [-0.15, -0.1) is 0 Å². The van der Waals surface area contributed by atoms with Crippen molar-refractivity contribution in [2.45, 2.75) is 36.7 Å². The fourth-order valence-electron chi connectivity index (χ4n) is 3.90. The highest BCUT2D eigenvalue weighted by Gasteiger charge is 2.68. The Hall–Kier alpha value is -1.53. The van der Waals surface area contributed by atoms with E-state index in [1.165, 1.54) is 7.05 Å². The maximum Gasteiger partial charge on any atom is 0.260 e. The van der Waals surface area contributed by atoms with E-state index < -0.39 is 23.4 Å². The number of nitrogens with zero attached hydrogens (tertiary/aromatic N) is 1. The first-order chi connectivity index (χ1) is 11.4. The van der Waals surface area contributed by atoms with E-state index in [0.29, 0.717) is 24.9 Å². The number of aliphatic hydroxyl groups is 1. The molecule has 132 valence electrons. The summed E-state index contributed by atoms with van der Waals surface area (Å²) < 4.78 is 28.4. The van der Waals surface area contributed by atoms with Crippen molar-refractivity contribution in [1.82, 2.24) is 10.2 Å². The lowest BCUT2D eigenvalue weighted by Crippen LogP contribution is -2.50. The van der Waals surface area contributed by atoms with Crippen LogP contribution in [0.5, 0.6) is 0 Å². The third kappa shape index (κ3) is 3.44. The van der Waals surface area contributed by atoms with E-state index >= 15 is 0 Å². The summed E-state index contributed by atoms with van der Waals surface area (Å²) in [5.74, 6) is -4.38. The van der Waals surface area contributed by atoms with Crippen molar-refractivity contribution >= 4 is 5.91 Å². The number of benzene rings is 1. The maximum absolute atomic E-state index is 14.2. The second-order valence-electron chi connectivity index (χ2n) is 7.08. The standard InChI is InChI=1S/C18H24F2N2O2/c1-21-15(23)10-17(24)8-5-9-22(12-17)11-14-16(18(14,19)20)13-6-3-2-4-7-13/h2-4,6-7,14,16,24H,5,8-12H2,1H3,(H,21,23)/t14-,16-,17?/m1/s1. The molecule has 1 saturated heterocycles. The van der Waals surface area contributed by atoms with Gasteiger partial charge in [-0.1, -0.05) is 30.3 Å². The van der Waals surface area contributed by atoms with Gasteiger partial charge in [0.05, 0.1) is 17.9 Å². The van der Waals surface area contributed by atoms with Crippen LogP contribution in [-0.2, 0) is 4.79 Å². The topological polar surface area (TPSA) is 52.6 Å². The van der Waals surface area contributed by atoms with Crippen LogP contribution >= 0.6 is 0 Å². The SMILES string of the molecule is CNC(=O)CC1(O)CCCN(C[C@@H]2[C@@H](c3ccccc3)C2(F)F)C1. The number of carbonyl (C=O) groups is 1. The minimum atomic E-state index is -2.70. The minimum Gasteiger partial charge on any atom is -0.388 e. The normalized spacial score (nSPS) is 32.3. The van der Waals surface area contributed by atoms with Gasteiger partial charge in [-0.2, -0.15) is 0 Å². The minimum absolute atomic E-state index is 0.0170. The number of hydrogen-bond donors (Lipinski definition) is 2. The highest BCUT2D eigenvalue weighted by molar-refractivity contribution is 5.76. The summed E-state index contributed by atoms with van der Waals surface area (Å²) in [4.78, 5) is 13.4. The molecule has 3 rings (SSSR count). The molecule has 2 N–H and O–H groups in total. The summed E-state index contributed by atoms with van der Waals surface area (Å²) in [5, 5.41) is 13.1. The molecule has 1 aliphatic heterocycles. The van der Waals surface area contributed by atoms with Crippen molar-refractivity contribution in [3.05, 3.63) is 35.9 Å². The fraction of sp³-hybridized carbons (Fsp3) is 0.611. The van der Waals surface area contributed by atoms with Gasteiger partial charge in [-0.25, -0.2) is 8.78 Å². The van der Waals surface area contributed by atoms with Crippen LogP contribution in [0.3, 0.4) is 0 Å². The molecule has 1 aromatic rings. The molecule has 4 nitrogen and oxygen atoms in total. The zero-order chi connectivity index (χ0) is 17.4. The lowest BCUT2D eigenvalue weighted by atomic mass is 9.89. The predicted molar refractivity (Wildman–Crippen MR) is 86.9 cm³/mol. The van der Waals surface area contributed by atoms with Gasteiger partial charge in [0.15, 0.2) is 0 Å². The van der Waals surface area contributed by atoms with E-state index in [0.717, 1.165) is 0 Å². The Bertz CT molecular complexity index is 596. The molecule has 0 bridgehead atoms. The lowest BCUT2D eigenvalue weighted by Gasteiger charge is -2.39. The number of nitrogens with one attached hydrogen (secondary N) is 1. The number of β-amino-alcohol motifs (C(OH)–C–C–N with tert-alkyl or cyclic N) is 1. The van der Waals surface area contributed by atoms with Gasteiger partial charge in [0, 0.05) is 26.1 Å². The summed E-state index contributed by atoms with van der Waals surface area (Å²) >= 11 is 0. The summed E-state index contributed by atoms with van der Waals surface area (Å²) in [6.45, 7) is 1.21. The second kappa shape index (κ2) is 6.41. The summed E-state index contributed by atoms with van der Waals surface area (Å²) in [6.07, 6.45) is 1.26. The van der Waals surface area contributed by atoms with Gasteiger partial charge in [0.2, 0.25) is 5.91 Å². The fourth-order valence-corrected chi connectivity index (χ4v) is 3.90. The number of hydrogen-bond acceptors (Lipinski definition) is 3. The Kier molecular flexibility index (Phi) is 4.62. The molecule has 24 heavy (non-hydrogen) atoms. The van der Waals surface area contributed by atoms with E-state index in [-0.39, 0.29) is 25.4 Å². The number of carbonyl (C=O) groups excluding carboxylic acids is 1. The van der Waals surface area contributed by atoms with E-state index in [2.05, 4.69) is 5.32 Å². The lowest BCUT2D eigenvalue weighted by molar-refractivity contribution is -0.128. The van der Waals surface area contributed by atoms with Crippen LogP contribution in [0, 0.1) is 5.92 Å². The monoisotopic (exact) mass is 338 g/mol. The van der Waals surface area contributed by atoms with Crippen molar-refractivity contribution in [2.24, 2.45) is 5.92 Å². The number of rotatable bonds is 5. The van der Waals surface area contributed by atoms with Gasteiger partial charge >= 0.3 is 0 Å². The highest BCUT2D eigenvalue weighted by atomic mass is 19.3. The Morgan fingerprint density at radius 2 is 2.08 bits per heavy atom. The Balaban J connectivity index is 1.63. The highest BCUT2D eigenvalue weighted by Crippen LogP contribution is 2.61. The molecule has 0 radical (unpaired) electrons. The molecule has 1 amide bonds. The Labute approximate surface area is 140 Å². The van der Waals surface area contributed by atoms with Crippen LogP contribution in [0.25, 0.3) is 0 Å². The number of amides is 1. The van der Waals surface area contributed by atoms with Crippen LogP contribution in [0.1, 0.15) is 30.7 Å². The second-order valence-corrected chi connectivity index (χ2v) is 7.08. The molecule has 3 atom stereocenters. The van der Waals surface area contributed by atoms with Gasteiger partial charge in [-0.05, 0) is 24.9 Å². The van der Waals surface area contributed by atoms with Crippen LogP contribution in [0.2, 0.25) is 0 Å². The van der Waals surface area contributed by atoms with Gasteiger partial charge in [0.1, 0.15) is 0 Å². The zero-order valence-corrected chi connectivity index (χ0v) is 13.8. The number of piperidine rings is 1. The van der Waals surface area contributed by atoms with Crippen LogP contribution in [-0.4, -0.2) is 54.1 Å². The molecule has 2 fully saturated rings. The van der Waals surface area contributed by atoms with Crippen molar-refractivity contribution in [2.75, 3.05) is 26.7 Å². The molecule has 1 heterocycles. The Morgan fingerprint density at radius 1 is 1.38 bits per heavy atom. The zero-order valence-electron chi connectivity index (χ0n) is 13.8. The molecule has 0 spiro atoms. The van der Waals surface area contributed by atoms with E-state index in [4.69, 9.17) is 0 Å². The van der Waals surface area contributed by atoms with Crippen molar-refractivity contribution in [1.29, 1.82) is 0 Å². The van der Waals surface area contributed by atoms with Gasteiger partial charge < -0.3 is 10.4 Å². The molecule has 1 aromatic carbocycles. The van der Waals surface area contributed by atoms with E-state index in [1.807, 2.05) is 11.0 Å². The Morgan fingerprint density at radius 3 is 2.75 bits per heavy atom. The van der Waals surface area contributed by atoms with Crippen LogP contribution in [0.4, 0.5) is 8.78 Å². The summed E-state index contributed by atoms with van der Waals surface area (Å²) in [6, 6.07) is 8.88. The van der Waals surface area contributed by atoms with Crippen molar-refractivity contribution in [3.63, 3.8) is 0 Å². The van der Waals surface area contributed by atoms with Gasteiger partial charge in [0.25, 0.3) is 5.92 Å². The molecule has 6 heteroatoms. The first-order valence-electron chi connectivity index (χ1n) is 8.44. The van der Waals surface area contributed by atoms with E-state index in [9.17, 15) is 18.7 Å². The summed E-state index contributed by atoms with van der Waals surface area (Å²) in [7, 11) is 1.53. The number of alkyl halides is 2. The number of likely N-dealkylation sites (tertiary alicyclic amines) is 1. The molecule has 1 aliphatic carbocycles. The molecule has 2 aliphatic rings. The van der Waals surface area contributed by atoms with Crippen LogP contribution < -0.4 is 5.32 Å². The summed E-state index contributed by atoms with van der Waals surface area (Å²) in [5.41, 5.74) is -0.449. The quantitative estimate of drug-likeness (QED) is 0.863. The third-order valence-electron chi connectivity index (χ3n) is 5.22. The predicted octanol–water partition coefficient (Wildman–Crippen LogP) is 2.00. The van der Waals surface area contributed by atoms with Crippen LogP contribution in [0.15, 0.2) is 30.3 Å². The maximum atomic E-state index is 14.2. The van der Waals surface area contributed by atoms with Crippen molar-refractivity contribution < 1.29 is 18.7 Å². The number of halogens is 2. The smallest absolute Gasteiger partial charge is 0.260 e. The molecule has 0 aromatic heterocycles. The third-order valence-corrected chi connectivity index (χ3v) is 5.22. The van der Waals surface area contributed by atoms with E-state index in [1.54, 1.807) is 24.3 Å². The first-order valence-corrected chi connectivity index (χ1v) is 8.44. The molecular formula is C18H24F2N2O2. The molecular weight excluding hydrogens is 314 g/mol. The van der Waals surface area contributed by atoms with Crippen molar-refractivity contribution in [3.8, 4) is 0 Å². The largest absolute Gasteiger partial charge is 0.388 e. The molecule has 1 saturated carbocycles. The van der Waals surface area contributed by atoms with Gasteiger partial charge in [-0.3, -0.25) is 9.69 Å².